The number of morpholine rings is 1. The van der Waals surface area contributed by atoms with Crippen LogP contribution in [-0.2, 0) is 31.3 Å². The average molecular weight is 513 g/mol. The van der Waals surface area contributed by atoms with E-state index in [0.29, 0.717) is 48.5 Å². The Morgan fingerprint density at radius 2 is 1.86 bits per heavy atom. The summed E-state index contributed by atoms with van der Waals surface area (Å²) >= 11 is 5.93. The number of ether oxygens (including phenoxy) is 1. The van der Waals surface area contributed by atoms with E-state index in [9.17, 15) is 14.7 Å². The number of halogens is 1. The standard InChI is InChI=1S/C27H33ClN4O4/c1-27(2,35)9-8-20-14-19(17-32-10-12-36-13-11-32)15-22-24(20)31(3)30-23(25(22)33)26(34)29-16-18-4-6-21(28)7-5-18/h4-7,14-15,35H,8-13,16-17H2,1-3H3,(H,29,34). The van der Waals surface area contributed by atoms with Crippen LogP contribution in [0.1, 0.15) is 47.4 Å². The zero-order chi connectivity index (χ0) is 25.9. The molecule has 2 N–H and O–H groups in total. The number of hydrogen-bond acceptors (Lipinski definition) is 6. The van der Waals surface area contributed by atoms with Crippen molar-refractivity contribution in [3.8, 4) is 0 Å². The van der Waals surface area contributed by atoms with Gasteiger partial charge in [-0.05, 0) is 61.6 Å². The molecule has 0 saturated carbocycles. The third kappa shape index (κ3) is 6.50. The van der Waals surface area contributed by atoms with Crippen molar-refractivity contribution in [3.05, 3.63) is 74.0 Å². The average Bonchev–Trinajstić information content (AvgIpc) is 2.84. The first-order chi connectivity index (χ1) is 17.1. The highest BCUT2D eigenvalue weighted by atomic mass is 35.5. The number of rotatable bonds is 8. The first-order valence-electron chi connectivity index (χ1n) is 12.2. The van der Waals surface area contributed by atoms with Gasteiger partial charge in [0, 0.05) is 38.2 Å². The Bertz CT molecular complexity index is 1290. The summed E-state index contributed by atoms with van der Waals surface area (Å²) in [6.45, 7) is 7.49. The number of amides is 1. The lowest BCUT2D eigenvalue weighted by Crippen LogP contribution is -2.35. The lowest BCUT2D eigenvalue weighted by atomic mass is 9.95. The van der Waals surface area contributed by atoms with Gasteiger partial charge >= 0.3 is 0 Å². The summed E-state index contributed by atoms with van der Waals surface area (Å²) in [5.74, 6) is -0.524. The topological polar surface area (TPSA) is 96.7 Å². The summed E-state index contributed by atoms with van der Waals surface area (Å²) < 4.78 is 7.07. The third-order valence-electron chi connectivity index (χ3n) is 6.38. The lowest BCUT2D eigenvalue weighted by molar-refractivity contribution is 0.0342. The number of fused-ring (bicyclic) bond motifs is 1. The molecule has 8 nitrogen and oxygen atoms in total. The molecule has 192 valence electrons. The van der Waals surface area contributed by atoms with E-state index < -0.39 is 16.9 Å². The molecule has 0 unspecified atom stereocenters. The molecule has 4 rings (SSSR count). The number of aryl methyl sites for hydroxylation is 2. The van der Waals surface area contributed by atoms with Gasteiger partial charge in [-0.15, -0.1) is 0 Å². The number of nitrogens with zero attached hydrogens (tertiary/aromatic N) is 3. The minimum Gasteiger partial charge on any atom is -0.390 e. The highest BCUT2D eigenvalue weighted by molar-refractivity contribution is 6.30. The SMILES string of the molecule is Cn1nc(C(=O)NCc2ccc(Cl)cc2)c(=O)c2cc(CN3CCOCC3)cc(CCC(C)(C)O)c21. The smallest absolute Gasteiger partial charge is 0.276 e. The second-order valence-electron chi connectivity index (χ2n) is 9.96. The Kier molecular flexibility index (Phi) is 8.10. The lowest BCUT2D eigenvalue weighted by Gasteiger charge is -2.27. The van der Waals surface area contributed by atoms with Crippen LogP contribution in [0.3, 0.4) is 0 Å². The maximum Gasteiger partial charge on any atom is 0.276 e. The van der Waals surface area contributed by atoms with Crippen molar-refractivity contribution in [2.24, 2.45) is 7.05 Å². The van der Waals surface area contributed by atoms with E-state index in [2.05, 4.69) is 21.4 Å². The van der Waals surface area contributed by atoms with E-state index in [4.69, 9.17) is 16.3 Å². The van der Waals surface area contributed by atoms with Gasteiger partial charge in [-0.25, -0.2) is 0 Å². The highest BCUT2D eigenvalue weighted by Gasteiger charge is 2.21. The predicted molar refractivity (Wildman–Crippen MR) is 140 cm³/mol. The van der Waals surface area contributed by atoms with E-state index in [0.717, 1.165) is 29.8 Å². The van der Waals surface area contributed by atoms with Crippen LogP contribution in [0.5, 0.6) is 0 Å². The Hall–Kier alpha value is -2.78. The molecule has 0 radical (unpaired) electrons. The molecule has 1 aliphatic heterocycles. The van der Waals surface area contributed by atoms with Crippen LogP contribution < -0.4 is 10.7 Å². The molecule has 1 fully saturated rings. The van der Waals surface area contributed by atoms with E-state index in [1.165, 1.54) is 0 Å². The molecular formula is C27H33ClN4O4. The van der Waals surface area contributed by atoms with Crippen molar-refractivity contribution >= 4 is 28.4 Å². The molecule has 2 aromatic carbocycles. The fourth-order valence-corrected chi connectivity index (χ4v) is 4.57. The minimum atomic E-state index is -0.847. The van der Waals surface area contributed by atoms with E-state index >= 15 is 0 Å². The first kappa shape index (κ1) is 26.3. The number of carbonyl (C=O) groups excluding carboxylic acids is 1. The Balaban J connectivity index is 1.69. The van der Waals surface area contributed by atoms with Gasteiger partial charge in [-0.2, -0.15) is 5.10 Å². The van der Waals surface area contributed by atoms with E-state index in [1.54, 1.807) is 37.7 Å². The zero-order valence-electron chi connectivity index (χ0n) is 21.0. The Morgan fingerprint density at radius 3 is 2.53 bits per heavy atom. The van der Waals surface area contributed by atoms with Gasteiger partial charge in [0.1, 0.15) is 0 Å². The van der Waals surface area contributed by atoms with E-state index in [1.807, 2.05) is 18.2 Å². The van der Waals surface area contributed by atoms with Crippen LogP contribution in [0.25, 0.3) is 10.9 Å². The third-order valence-corrected chi connectivity index (χ3v) is 6.63. The molecule has 36 heavy (non-hydrogen) atoms. The maximum absolute atomic E-state index is 13.5. The van der Waals surface area contributed by atoms with Crippen molar-refractivity contribution in [1.82, 2.24) is 20.0 Å². The molecule has 1 aromatic heterocycles. The molecule has 9 heteroatoms. The van der Waals surface area contributed by atoms with Gasteiger partial charge in [0.25, 0.3) is 5.91 Å². The number of aliphatic hydroxyl groups is 1. The molecule has 0 spiro atoms. The molecular weight excluding hydrogens is 480 g/mol. The largest absolute Gasteiger partial charge is 0.390 e. The van der Waals surface area contributed by atoms with Crippen molar-refractivity contribution in [3.63, 3.8) is 0 Å². The van der Waals surface area contributed by atoms with Crippen LogP contribution >= 0.6 is 11.6 Å². The number of hydrogen-bond donors (Lipinski definition) is 2. The number of nitrogens with one attached hydrogen (secondary N) is 1. The minimum absolute atomic E-state index is 0.143. The summed E-state index contributed by atoms with van der Waals surface area (Å²) in [6.07, 6.45) is 1.11. The fraction of sp³-hybridized carbons (Fsp3) is 0.444. The Morgan fingerprint density at radius 1 is 1.17 bits per heavy atom. The summed E-state index contributed by atoms with van der Waals surface area (Å²) in [7, 11) is 1.74. The molecule has 1 aliphatic rings. The number of aromatic nitrogens is 2. The molecule has 2 heterocycles. The number of carbonyl (C=O) groups is 1. The second-order valence-corrected chi connectivity index (χ2v) is 10.4. The van der Waals surface area contributed by atoms with Gasteiger partial charge in [-0.1, -0.05) is 29.8 Å². The Labute approximate surface area is 215 Å². The summed E-state index contributed by atoms with van der Waals surface area (Å²) in [5, 5.41) is 18.6. The van der Waals surface area contributed by atoms with Crippen LogP contribution in [0.2, 0.25) is 5.02 Å². The predicted octanol–water partition coefficient (Wildman–Crippen LogP) is 3.05. The summed E-state index contributed by atoms with van der Waals surface area (Å²) in [4.78, 5) is 28.8. The fourth-order valence-electron chi connectivity index (χ4n) is 4.45. The molecule has 1 amide bonds. The highest BCUT2D eigenvalue weighted by Crippen LogP contribution is 2.23. The van der Waals surface area contributed by atoms with E-state index in [-0.39, 0.29) is 12.2 Å². The van der Waals surface area contributed by atoms with Gasteiger partial charge in [0.2, 0.25) is 5.43 Å². The second kappa shape index (κ2) is 11.1. The van der Waals surface area contributed by atoms with Gasteiger partial charge < -0.3 is 15.2 Å². The van der Waals surface area contributed by atoms with Gasteiger partial charge in [0.05, 0.1) is 29.7 Å². The number of benzene rings is 2. The van der Waals surface area contributed by atoms with Crippen LogP contribution in [0, 0.1) is 0 Å². The van der Waals surface area contributed by atoms with Crippen LogP contribution in [0.15, 0.2) is 41.2 Å². The molecule has 0 aliphatic carbocycles. The van der Waals surface area contributed by atoms with Gasteiger partial charge in [0.15, 0.2) is 5.69 Å². The molecule has 0 atom stereocenters. The molecule has 0 bridgehead atoms. The van der Waals surface area contributed by atoms with Crippen LogP contribution in [-0.4, -0.2) is 57.6 Å². The first-order valence-corrected chi connectivity index (χ1v) is 12.6. The van der Waals surface area contributed by atoms with Crippen molar-refractivity contribution < 1.29 is 14.6 Å². The normalized spacial score (nSPS) is 14.8. The van der Waals surface area contributed by atoms with Gasteiger partial charge in [-0.3, -0.25) is 19.2 Å². The van der Waals surface area contributed by atoms with Crippen LogP contribution in [0.4, 0.5) is 0 Å². The monoisotopic (exact) mass is 512 g/mol. The van der Waals surface area contributed by atoms with Crippen molar-refractivity contribution in [2.45, 2.75) is 45.4 Å². The maximum atomic E-state index is 13.5. The van der Waals surface area contributed by atoms with Crippen molar-refractivity contribution in [1.29, 1.82) is 0 Å². The molecule has 1 saturated heterocycles. The quantitative estimate of drug-likeness (QED) is 0.481. The summed E-state index contributed by atoms with van der Waals surface area (Å²) in [6, 6.07) is 11.1. The summed E-state index contributed by atoms with van der Waals surface area (Å²) in [5.41, 5.74) is 2.08. The van der Waals surface area contributed by atoms with Crippen molar-refractivity contribution in [2.75, 3.05) is 26.3 Å². The zero-order valence-corrected chi connectivity index (χ0v) is 21.8. The molecule has 3 aromatic rings.